The van der Waals surface area contributed by atoms with Gasteiger partial charge in [0.1, 0.15) is 0 Å². The van der Waals surface area contributed by atoms with E-state index in [9.17, 15) is 0 Å². The minimum absolute atomic E-state index is 0.291. The Morgan fingerprint density at radius 1 is 0.952 bits per heavy atom. The van der Waals surface area contributed by atoms with Crippen LogP contribution >= 0.6 is 0 Å². The topological polar surface area (TPSA) is 9.23 Å². The van der Waals surface area contributed by atoms with E-state index in [2.05, 4.69) is 89.4 Å². The van der Waals surface area contributed by atoms with E-state index >= 15 is 0 Å². The van der Waals surface area contributed by atoms with Crippen molar-refractivity contribution >= 4 is 21.6 Å². The van der Waals surface area contributed by atoms with Crippen molar-refractivity contribution in [3.8, 4) is 0 Å². The Morgan fingerprint density at radius 2 is 1.52 bits per heavy atom. The van der Waals surface area contributed by atoms with E-state index in [0.717, 1.165) is 6.61 Å². The maximum Gasteiger partial charge on any atom is 0.192 e. The molecule has 21 heavy (non-hydrogen) atoms. The highest BCUT2D eigenvalue weighted by molar-refractivity contribution is 6.90. The van der Waals surface area contributed by atoms with E-state index < -0.39 is 16.4 Å². The zero-order valence-corrected chi connectivity index (χ0v) is 16.9. The Kier molecular flexibility index (Phi) is 6.20. The van der Waals surface area contributed by atoms with Crippen LogP contribution in [0.4, 0.5) is 0 Å². The summed E-state index contributed by atoms with van der Waals surface area (Å²) in [6.45, 7) is 17.1. The van der Waals surface area contributed by atoms with Crippen LogP contribution in [0.25, 0.3) is 0 Å². The number of allylic oxidation sites excluding steroid dienone is 1. The van der Waals surface area contributed by atoms with Crippen molar-refractivity contribution in [3.05, 3.63) is 42.5 Å². The van der Waals surface area contributed by atoms with Crippen LogP contribution in [0.2, 0.25) is 37.3 Å². The number of rotatable bonds is 6. The predicted octanol–water partition coefficient (Wildman–Crippen LogP) is 5.18. The van der Waals surface area contributed by atoms with Crippen LogP contribution in [0.1, 0.15) is 20.8 Å². The fraction of sp³-hybridized carbons (Fsp3) is 0.556. The second-order valence-corrected chi connectivity index (χ2v) is 17.6. The summed E-state index contributed by atoms with van der Waals surface area (Å²) in [5, 5.41) is 1.82. The first-order valence-corrected chi connectivity index (χ1v) is 14.0. The maximum absolute atomic E-state index is 6.18. The molecule has 0 aliphatic rings. The molecule has 1 aromatic carbocycles. The minimum Gasteiger partial charge on any atom is -0.413 e. The van der Waals surface area contributed by atoms with E-state index in [0.29, 0.717) is 5.04 Å². The first-order valence-electron chi connectivity index (χ1n) is 7.91. The van der Waals surface area contributed by atoms with Gasteiger partial charge in [0.2, 0.25) is 0 Å². The van der Waals surface area contributed by atoms with Gasteiger partial charge in [-0.2, -0.15) is 0 Å². The van der Waals surface area contributed by atoms with Crippen molar-refractivity contribution < 1.29 is 4.43 Å². The summed E-state index contributed by atoms with van der Waals surface area (Å²) in [6.07, 6.45) is 4.55. The number of hydrogen-bond acceptors (Lipinski definition) is 1. The second-order valence-electron chi connectivity index (χ2n) is 8.00. The molecule has 0 bridgehead atoms. The van der Waals surface area contributed by atoms with Gasteiger partial charge < -0.3 is 4.43 Å². The Morgan fingerprint density at radius 3 is 2.05 bits per heavy atom. The van der Waals surface area contributed by atoms with E-state index in [4.69, 9.17) is 4.43 Å². The molecular formula is C18H32OSi2. The number of hydrogen-bond donors (Lipinski definition) is 0. The highest BCUT2D eigenvalue weighted by Crippen LogP contribution is 2.36. The van der Waals surface area contributed by atoms with Gasteiger partial charge in [-0.05, 0) is 24.2 Å². The molecule has 0 aromatic heterocycles. The molecule has 1 nitrogen and oxygen atoms in total. The fourth-order valence-electron chi connectivity index (χ4n) is 1.93. The zero-order valence-electron chi connectivity index (χ0n) is 14.9. The fourth-order valence-corrected chi connectivity index (χ4v) is 4.96. The summed E-state index contributed by atoms with van der Waals surface area (Å²) in [5.41, 5.74) is 0. The van der Waals surface area contributed by atoms with Crippen molar-refractivity contribution in [2.45, 2.75) is 58.0 Å². The van der Waals surface area contributed by atoms with Crippen LogP contribution < -0.4 is 5.19 Å². The van der Waals surface area contributed by atoms with Crippen molar-refractivity contribution in [3.63, 3.8) is 0 Å². The smallest absolute Gasteiger partial charge is 0.192 e. The molecule has 1 rings (SSSR count). The normalized spacial score (nSPS) is 13.9. The molecule has 0 saturated heterocycles. The summed E-state index contributed by atoms with van der Waals surface area (Å²) >= 11 is 0. The quantitative estimate of drug-likeness (QED) is 0.518. The molecule has 3 heteroatoms. The lowest BCUT2D eigenvalue weighted by molar-refractivity contribution is 0.328. The SMILES string of the molecule is CC(C)(C)[Si](C)(C)OC/C=C/C[Si](C)(C)c1ccccc1. The molecular weight excluding hydrogens is 288 g/mol. The zero-order chi connectivity index (χ0) is 16.1. The average Bonchev–Trinajstić information content (AvgIpc) is 2.38. The lowest BCUT2D eigenvalue weighted by Gasteiger charge is -2.35. The molecule has 0 aliphatic carbocycles. The molecule has 0 atom stereocenters. The van der Waals surface area contributed by atoms with Gasteiger partial charge in [0.15, 0.2) is 8.32 Å². The van der Waals surface area contributed by atoms with Crippen LogP contribution in [-0.2, 0) is 4.43 Å². The van der Waals surface area contributed by atoms with Gasteiger partial charge in [0, 0.05) is 0 Å². The van der Waals surface area contributed by atoms with Crippen molar-refractivity contribution in [1.29, 1.82) is 0 Å². The molecule has 0 heterocycles. The largest absolute Gasteiger partial charge is 0.413 e. The molecule has 0 fully saturated rings. The third kappa shape index (κ3) is 5.57. The molecule has 118 valence electrons. The summed E-state index contributed by atoms with van der Waals surface area (Å²) in [7, 11) is -2.95. The monoisotopic (exact) mass is 320 g/mol. The average molecular weight is 321 g/mol. The van der Waals surface area contributed by atoms with E-state index in [1.165, 1.54) is 11.2 Å². The summed E-state index contributed by atoms with van der Waals surface area (Å²) in [5.74, 6) is 0. The molecule has 0 aliphatic heterocycles. The van der Waals surface area contributed by atoms with Crippen LogP contribution in [0.5, 0.6) is 0 Å². The van der Waals surface area contributed by atoms with E-state index in [-0.39, 0.29) is 0 Å². The van der Waals surface area contributed by atoms with Crippen molar-refractivity contribution in [1.82, 2.24) is 0 Å². The van der Waals surface area contributed by atoms with Crippen LogP contribution in [0, 0.1) is 0 Å². The minimum atomic E-state index is -1.60. The number of benzene rings is 1. The molecule has 0 N–H and O–H groups in total. The first-order chi connectivity index (χ1) is 9.56. The third-order valence-corrected chi connectivity index (χ3v) is 12.4. The van der Waals surface area contributed by atoms with E-state index in [1.54, 1.807) is 0 Å². The van der Waals surface area contributed by atoms with Gasteiger partial charge in [0.05, 0.1) is 14.7 Å². The Labute approximate surface area is 133 Å². The maximum atomic E-state index is 6.18. The molecule has 0 unspecified atom stereocenters. The molecule has 0 amide bonds. The van der Waals surface area contributed by atoms with Gasteiger partial charge in [-0.1, -0.05) is 81.5 Å². The Hall–Kier alpha value is -0.646. The van der Waals surface area contributed by atoms with E-state index in [1.807, 2.05) is 0 Å². The molecule has 0 saturated carbocycles. The van der Waals surface area contributed by atoms with Gasteiger partial charge in [-0.25, -0.2) is 0 Å². The van der Waals surface area contributed by atoms with Crippen molar-refractivity contribution in [2.75, 3.05) is 6.61 Å². The standard InChI is InChI=1S/C18H32OSi2/c1-18(2,3)21(6,7)19-15-11-12-16-20(4,5)17-13-9-8-10-14-17/h8-14H,15-16H2,1-7H3/b12-11+. The highest BCUT2D eigenvalue weighted by Gasteiger charge is 2.36. The van der Waals surface area contributed by atoms with Gasteiger partial charge >= 0.3 is 0 Å². The van der Waals surface area contributed by atoms with Gasteiger partial charge in [-0.15, -0.1) is 0 Å². The lowest BCUT2D eigenvalue weighted by atomic mass is 10.2. The summed E-state index contributed by atoms with van der Waals surface area (Å²) in [6, 6.07) is 12.1. The summed E-state index contributed by atoms with van der Waals surface area (Å²) < 4.78 is 6.18. The molecule has 0 radical (unpaired) electrons. The molecule has 1 aromatic rings. The molecule has 0 spiro atoms. The van der Waals surface area contributed by atoms with Gasteiger partial charge in [-0.3, -0.25) is 0 Å². The Bertz CT molecular complexity index is 456. The third-order valence-electron chi connectivity index (χ3n) is 4.70. The predicted molar refractivity (Wildman–Crippen MR) is 101 cm³/mol. The van der Waals surface area contributed by atoms with Gasteiger partial charge in [0.25, 0.3) is 0 Å². The van der Waals surface area contributed by atoms with Crippen LogP contribution in [0.15, 0.2) is 42.5 Å². The van der Waals surface area contributed by atoms with Crippen molar-refractivity contribution in [2.24, 2.45) is 0 Å². The van der Waals surface area contributed by atoms with Crippen LogP contribution in [0.3, 0.4) is 0 Å². The highest BCUT2D eigenvalue weighted by atomic mass is 28.4. The van der Waals surface area contributed by atoms with Crippen LogP contribution in [-0.4, -0.2) is 23.0 Å². The first kappa shape index (κ1) is 18.4. The summed E-state index contributed by atoms with van der Waals surface area (Å²) in [4.78, 5) is 0. The lowest BCUT2D eigenvalue weighted by Crippen LogP contribution is -2.41. The Balaban J connectivity index is 2.49. The second kappa shape index (κ2) is 7.08.